The molecule has 3 heterocycles. The first-order valence-electron chi connectivity index (χ1n) is 10.1. The molecule has 0 N–H and O–H groups in total. The second kappa shape index (κ2) is 8.06. The lowest BCUT2D eigenvalue weighted by atomic mass is 9.99. The van der Waals surface area contributed by atoms with Gasteiger partial charge in [0.15, 0.2) is 0 Å². The standard InChI is InChI=1S/C24H25N5O/c1-5-29(14-18-7-6-10-25-12-18)24(30)21-11-22(19-13-26-28(4)15-19)27-23-17(3)16(2)8-9-20(21)23/h6-13,15H,5,14H2,1-4H3. The monoisotopic (exact) mass is 399 g/mol. The quantitative estimate of drug-likeness (QED) is 0.502. The molecule has 0 unspecified atom stereocenters. The number of carbonyl (C=O) groups excluding carboxylic acids is 1. The highest BCUT2D eigenvalue weighted by Crippen LogP contribution is 2.29. The van der Waals surface area contributed by atoms with Crippen LogP contribution < -0.4 is 0 Å². The fourth-order valence-electron chi connectivity index (χ4n) is 3.62. The fourth-order valence-corrected chi connectivity index (χ4v) is 3.62. The molecule has 1 amide bonds. The van der Waals surface area contributed by atoms with Gasteiger partial charge in [-0.2, -0.15) is 5.10 Å². The summed E-state index contributed by atoms with van der Waals surface area (Å²) in [5.74, 6) is -0.0119. The molecule has 0 saturated heterocycles. The molecular weight excluding hydrogens is 374 g/mol. The van der Waals surface area contributed by atoms with Gasteiger partial charge in [-0.05, 0) is 49.6 Å². The van der Waals surface area contributed by atoms with Crippen molar-refractivity contribution in [3.05, 3.63) is 77.4 Å². The Labute approximate surface area is 176 Å². The van der Waals surface area contributed by atoms with E-state index in [-0.39, 0.29) is 5.91 Å². The second-order valence-corrected chi connectivity index (χ2v) is 7.54. The maximum atomic E-state index is 13.6. The van der Waals surface area contributed by atoms with Crippen LogP contribution in [0.4, 0.5) is 0 Å². The van der Waals surface area contributed by atoms with E-state index in [4.69, 9.17) is 4.98 Å². The number of hydrogen-bond acceptors (Lipinski definition) is 4. The normalized spacial score (nSPS) is 11.1. The molecule has 0 aliphatic carbocycles. The third-order valence-electron chi connectivity index (χ3n) is 5.50. The van der Waals surface area contributed by atoms with Crippen LogP contribution in [0.15, 0.2) is 55.1 Å². The molecule has 0 aliphatic heterocycles. The van der Waals surface area contributed by atoms with Crippen LogP contribution in [0.25, 0.3) is 22.2 Å². The molecule has 0 radical (unpaired) electrons. The van der Waals surface area contributed by atoms with Crippen LogP contribution in [0.3, 0.4) is 0 Å². The minimum Gasteiger partial charge on any atom is -0.335 e. The van der Waals surface area contributed by atoms with Gasteiger partial charge in [-0.3, -0.25) is 14.5 Å². The zero-order valence-corrected chi connectivity index (χ0v) is 17.8. The third kappa shape index (κ3) is 3.68. The predicted octanol–water partition coefficient (Wildman–Crippen LogP) is 4.31. The van der Waals surface area contributed by atoms with E-state index in [1.165, 1.54) is 0 Å². The number of aromatic nitrogens is 4. The van der Waals surface area contributed by atoms with Crippen LogP contribution in [0.2, 0.25) is 0 Å². The number of hydrogen-bond donors (Lipinski definition) is 0. The molecule has 0 fully saturated rings. The van der Waals surface area contributed by atoms with E-state index in [1.54, 1.807) is 23.3 Å². The number of nitrogens with zero attached hydrogens (tertiary/aromatic N) is 5. The van der Waals surface area contributed by atoms with Crippen molar-refractivity contribution in [3.63, 3.8) is 0 Å². The molecule has 0 spiro atoms. The smallest absolute Gasteiger partial charge is 0.254 e. The van der Waals surface area contributed by atoms with Crippen molar-refractivity contribution < 1.29 is 4.79 Å². The Bertz CT molecular complexity index is 1210. The maximum Gasteiger partial charge on any atom is 0.254 e. The first-order chi connectivity index (χ1) is 14.5. The lowest BCUT2D eigenvalue weighted by Crippen LogP contribution is -2.30. The van der Waals surface area contributed by atoms with Crippen molar-refractivity contribution in [2.75, 3.05) is 6.54 Å². The van der Waals surface area contributed by atoms with Gasteiger partial charge in [0.05, 0.1) is 23.0 Å². The molecule has 0 bridgehead atoms. The summed E-state index contributed by atoms with van der Waals surface area (Å²) in [7, 11) is 1.87. The van der Waals surface area contributed by atoms with Crippen molar-refractivity contribution in [2.45, 2.75) is 27.3 Å². The van der Waals surface area contributed by atoms with Gasteiger partial charge in [0.25, 0.3) is 5.91 Å². The summed E-state index contributed by atoms with van der Waals surface area (Å²) < 4.78 is 1.74. The first kappa shape index (κ1) is 19.8. The number of aryl methyl sites for hydroxylation is 3. The topological polar surface area (TPSA) is 63.9 Å². The zero-order valence-electron chi connectivity index (χ0n) is 17.8. The van der Waals surface area contributed by atoms with E-state index in [0.717, 1.165) is 38.9 Å². The average molecular weight is 399 g/mol. The molecule has 0 aliphatic rings. The molecule has 3 aromatic heterocycles. The largest absolute Gasteiger partial charge is 0.335 e. The third-order valence-corrected chi connectivity index (χ3v) is 5.50. The van der Waals surface area contributed by atoms with Crippen molar-refractivity contribution in [1.29, 1.82) is 0 Å². The molecule has 152 valence electrons. The van der Waals surface area contributed by atoms with Crippen molar-refractivity contribution in [3.8, 4) is 11.3 Å². The Morgan fingerprint density at radius 1 is 1.17 bits per heavy atom. The number of benzene rings is 1. The molecule has 30 heavy (non-hydrogen) atoms. The number of rotatable bonds is 5. The van der Waals surface area contributed by atoms with Gasteiger partial charge in [-0.25, -0.2) is 4.98 Å². The van der Waals surface area contributed by atoms with Crippen molar-refractivity contribution in [2.24, 2.45) is 7.05 Å². The number of fused-ring (bicyclic) bond motifs is 1. The van der Waals surface area contributed by atoms with Gasteiger partial charge in [0, 0.05) is 49.7 Å². The van der Waals surface area contributed by atoms with Gasteiger partial charge in [-0.15, -0.1) is 0 Å². The summed E-state index contributed by atoms with van der Waals surface area (Å²) in [5, 5.41) is 5.14. The van der Waals surface area contributed by atoms with E-state index in [0.29, 0.717) is 18.7 Å². The molecule has 0 atom stereocenters. The second-order valence-electron chi connectivity index (χ2n) is 7.54. The predicted molar refractivity (Wildman–Crippen MR) is 118 cm³/mol. The molecule has 6 nitrogen and oxygen atoms in total. The molecule has 1 aromatic carbocycles. The Morgan fingerprint density at radius 2 is 2.00 bits per heavy atom. The Morgan fingerprint density at radius 3 is 2.67 bits per heavy atom. The van der Waals surface area contributed by atoms with Crippen LogP contribution in [0.1, 0.15) is 34.0 Å². The average Bonchev–Trinajstić information content (AvgIpc) is 3.20. The van der Waals surface area contributed by atoms with Gasteiger partial charge in [0.1, 0.15) is 0 Å². The minimum absolute atomic E-state index is 0.0119. The number of carbonyl (C=O) groups is 1. The lowest BCUT2D eigenvalue weighted by Gasteiger charge is -2.22. The molecule has 6 heteroatoms. The van der Waals surface area contributed by atoms with E-state index in [9.17, 15) is 4.79 Å². The minimum atomic E-state index is -0.0119. The first-order valence-corrected chi connectivity index (χ1v) is 10.1. The molecular formula is C24H25N5O. The van der Waals surface area contributed by atoms with Gasteiger partial charge >= 0.3 is 0 Å². The highest BCUT2D eigenvalue weighted by molar-refractivity contribution is 6.08. The van der Waals surface area contributed by atoms with E-state index >= 15 is 0 Å². The van der Waals surface area contributed by atoms with Crippen LogP contribution >= 0.6 is 0 Å². The highest BCUT2D eigenvalue weighted by Gasteiger charge is 2.21. The Balaban J connectivity index is 1.85. The molecule has 4 rings (SSSR count). The van der Waals surface area contributed by atoms with Gasteiger partial charge in [-0.1, -0.05) is 18.2 Å². The van der Waals surface area contributed by atoms with Crippen LogP contribution in [0.5, 0.6) is 0 Å². The Kier molecular flexibility index (Phi) is 5.31. The van der Waals surface area contributed by atoms with Crippen molar-refractivity contribution >= 4 is 16.8 Å². The van der Waals surface area contributed by atoms with Gasteiger partial charge < -0.3 is 4.90 Å². The van der Waals surface area contributed by atoms with E-state index < -0.39 is 0 Å². The highest BCUT2D eigenvalue weighted by atomic mass is 16.2. The summed E-state index contributed by atoms with van der Waals surface area (Å²) >= 11 is 0. The Hall–Kier alpha value is -3.54. The van der Waals surface area contributed by atoms with Crippen LogP contribution in [-0.2, 0) is 13.6 Å². The van der Waals surface area contributed by atoms with Crippen LogP contribution in [-0.4, -0.2) is 37.1 Å². The number of amides is 1. The van der Waals surface area contributed by atoms with Gasteiger partial charge in [0.2, 0.25) is 0 Å². The molecule has 4 aromatic rings. The fraction of sp³-hybridized carbons (Fsp3) is 0.250. The van der Waals surface area contributed by atoms with E-state index in [1.807, 2.05) is 49.3 Å². The molecule has 0 saturated carbocycles. The SMILES string of the molecule is CCN(Cc1cccnc1)C(=O)c1cc(-c2cnn(C)c2)nc2c(C)c(C)ccc12. The lowest BCUT2D eigenvalue weighted by molar-refractivity contribution is 0.0754. The number of pyridine rings is 2. The summed E-state index contributed by atoms with van der Waals surface area (Å²) in [4.78, 5) is 24.5. The summed E-state index contributed by atoms with van der Waals surface area (Å²) in [6, 6.07) is 9.83. The summed E-state index contributed by atoms with van der Waals surface area (Å²) in [5.41, 5.74) is 6.41. The summed E-state index contributed by atoms with van der Waals surface area (Å²) in [6.45, 7) is 7.23. The van der Waals surface area contributed by atoms with Crippen LogP contribution in [0, 0.1) is 13.8 Å². The maximum absolute atomic E-state index is 13.6. The van der Waals surface area contributed by atoms with Crippen molar-refractivity contribution in [1.82, 2.24) is 24.6 Å². The van der Waals surface area contributed by atoms with E-state index in [2.05, 4.69) is 30.0 Å². The summed E-state index contributed by atoms with van der Waals surface area (Å²) in [6.07, 6.45) is 7.24. The zero-order chi connectivity index (χ0) is 21.3.